The maximum atomic E-state index is 9.50. The fourth-order valence-corrected chi connectivity index (χ4v) is 2.47. The highest BCUT2D eigenvalue weighted by atomic mass is 35.5. The molecule has 1 heterocycles. The van der Waals surface area contributed by atoms with Crippen LogP contribution in [0.4, 0.5) is 0 Å². The fourth-order valence-electron chi connectivity index (χ4n) is 1.34. The van der Waals surface area contributed by atoms with Crippen molar-refractivity contribution in [3.8, 4) is 0 Å². The molecular formula is C11H17ClOS. The van der Waals surface area contributed by atoms with Gasteiger partial charge < -0.3 is 5.11 Å². The van der Waals surface area contributed by atoms with Crippen molar-refractivity contribution in [3.05, 3.63) is 21.3 Å². The van der Waals surface area contributed by atoms with E-state index in [0.717, 1.165) is 30.0 Å². The van der Waals surface area contributed by atoms with Crippen LogP contribution in [0.1, 0.15) is 38.0 Å². The van der Waals surface area contributed by atoms with Crippen molar-refractivity contribution in [1.29, 1.82) is 0 Å². The van der Waals surface area contributed by atoms with Crippen LogP contribution in [0.2, 0.25) is 4.34 Å². The van der Waals surface area contributed by atoms with Gasteiger partial charge in [0.2, 0.25) is 0 Å². The smallest absolute Gasteiger partial charge is 0.0931 e. The molecule has 14 heavy (non-hydrogen) atoms. The Hall–Kier alpha value is -0.0500. The first-order valence-electron chi connectivity index (χ1n) is 4.94. The lowest BCUT2D eigenvalue weighted by Crippen LogP contribution is -2.17. The van der Waals surface area contributed by atoms with Crippen LogP contribution in [0.5, 0.6) is 0 Å². The van der Waals surface area contributed by atoms with Gasteiger partial charge in [0.05, 0.1) is 9.94 Å². The van der Waals surface area contributed by atoms with E-state index in [0.29, 0.717) is 0 Å². The number of hydrogen-bond donors (Lipinski definition) is 1. The molecule has 1 N–H and O–H groups in total. The summed E-state index contributed by atoms with van der Waals surface area (Å²) in [5.41, 5.74) is -0.521. The van der Waals surface area contributed by atoms with Gasteiger partial charge in [-0.1, -0.05) is 18.0 Å². The Kier molecular flexibility index (Phi) is 4.42. The van der Waals surface area contributed by atoms with Crippen molar-refractivity contribution < 1.29 is 5.11 Å². The number of hydrogen-bond acceptors (Lipinski definition) is 2. The van der Waals surface area contributed by atoms with Crippen molar-refractivity contribution in [1.82, 2.24) is 0 Å². The molecule has 0 radical (unpaired) electrons. The normalized spacial score (nSPS) is 12.0. The van der Waals surface area contributed by atoms with Crippen LogP contribution in [-0.4, -0.2) is 10.7 Å². The molecule has 0 fully saturated rings. The van der Waals surface area contributed by atoms with E-state index in [1.165, 1.54) is 4.88 Å². The first-order chi connectivity index (χ1) is 6.47. The number of aryl methyl sites for hydroxylation is 1. The van der Waals surface area contributed by atoms with Crippen molar-refractivity contribution in [2.24, 2.45) is 0 Å². The second kappa shape index (κ2) is 5.15. The van der Waals surface area contributed by atoms with Gasteiger partial charge in [-0.3, -0.25) is 0 Å². The predicted molar refractivity (Wildman–Crippen MR) is 63.2 cm³/mol. The van der Waals surface area contributed by atoms with Gasteiger partial charge in [-0.15, -0.1) is 11.3 Å². The molecule has 0 unspecified atom stereocenters. The Morgan fingerprint density at radius 1 is 1.36 bits per heavy atom. The molecule has 1 rings (SSSR count). The summed E-state index contributed by atoms with van der Waals surface area (Å²) in [5, 5.41) is 9.50. The van der Waals surface area contributed by atoms with Gasteiger partial charge in [-0.05, 0) is 45.2 Å². The van der Waals surface area contributed by atoms with E-state index in [1.54, 1.807) is 11.3 Å². The molecule has 0 amide bonds. The number of aliphatic hydroxyl groups is 1. The second-order valence-corrected chi connectivity index (χ2v) is 6.02. The molecule has 0 aliphatic rings. The lowest BCUT2D eigenvalue weighted by molar-refractivity contribution is 0.0683. The van der Waals surface area contributed by atoms with Crippen molar-refractivity contribution in [2.75, 3.05) is 0 Å². The van der Waals surface area contributed by atoms with Gasteiger partial charge in [0.1, 0.15) is 0 Å². The van der Waals surface area contributed by atoms with Gasteiger partial charge in [-0.2, -0.15) is 0 Å². The summed E-state index contributed by atoms with van der Waals surface area (Å²) in [7, 11) is 0. The number of halogens is 1. The minimum absolute atomic E-state index is 0.521. The van der Waals surface area contributed by atoms with Gasteiger partial charge in [0.15, 0.2) is 0 Å². The second-order valence-electron chi connectivity index (χ2n) is 4.23. The Labute approximate surface area is 94.7 Å². The SMILES string of the molecule is CC(C)(O)CCCCc1ccc(Cl)s1. The van der Waals surface area contributed by atoms with Crippen LogP contribution >= 0.6 is 22.9 Å². The molecule has 3 heteroatoms. The summed E-state index contributed by atoms with van der Waals surface area (Å²) in [6.07, 6.45) is 4.14. The topological polar surface area (TPSA) is 20.2 Å². The molecule has 0 atom stereocenters. The van der Waals surface area contributed by atoms with Gasteiger partial charge in [0.25, 0.3) is 0 Å². The van der Waals surface area contributed by atoms with Gasteiger partial charge in [0, 0.05) is 4.88 Å². The predicted octanol–water partition coefficient (Wildman–Crippen LogP) is 3.89. The summed E-state index contributed by atoms with van der Waals surface area (Å²) < 4.78 is 0.863. The molecular weight excluding hydrogens is 216 g/mol. The van der Waals surface area contributed by atoms with Crippen LogP contribution in [-0.2, 0) is 6.42 Å². The largest absolute Gasteiger partial charge is 0.390 e. The molecule has 0 bridgehead atoms. The third-order valence-electron chi connectivity index (χ3n) is 2.09. The van der Waals surface area contributed by atoms with E-state index < -0.39 is 5.60 Å². The fraction of sp³-hybridized carbons (Fsp3) is 0.636. The van der Waals surface area contributed by atoms with Crippen LogP contribution in [0, 0.1) is 0 Å². The van der Waals surface area contributed by atoms with E-state index in [2.05, 4.69) is 6.07 Å². The summed E-state index contributed by atoms with van der Waals surface area (Å²) in [6.45, 7) is 3.71. The Balaban J connectivity index is 2.16. The average Bonchev–Trinajstić information content (AvgIpc) is 2.44. The Morgan fingerprint density at radius 2 is 2.07 bits per heavy atom. The average molecular weight is 233 g/mol. The number of rotatable bonds is 5. The molecule has 0 aliphatic carbocycles. The standard InChI is InChI=1S/C11H17ClOS/c1-11(2,13)8-4-3-5-9-6-7-10(12)14-9/h6-7,13H,3-5,8H2,1-2H3. The molecule has 1 aromatic heterocycles. The maximum Gasteiger partial charge on any atom is 0.0931 e. The number of thiophene rings is 1. The van der Waals surface area contributed by atoms with E-state index in [4.69, 9.17) is 11.6 Å². The molecule has 80 valence electrons. The van der Waals surface area contributed by atoms with Crippen LogP contribution in [0.15, 0.2) is 12.1 Å². The van der Waals surface area contributed by atoms with Crippen molar-refractivity contribution in [2.45, 2.75) is 45.1 Å². The molecule has 0 aromatic carbocycles. The highest BCUT2D eigenvalue weighted by Gasteiger charge is 2.11. The summed E-state index contributed by atoms with van der Waals surface area (Å²) >= 11 is 7.47. The molecule has 0 aliphatic heterocycles. The van der Waals surface area contributed by atoms with Crippen LogP contribution < -0.4 is 0 Å². The summed E-state index contributed by atoms with van der Waals surface area (Å²) in [4.78, 5) is 1.34. The third kappa shape index (κ3) is 4.99. The minimum atomic E-state index is -0.521. The van der Waals surface area contributed by atoms with Crippen LogP contribution in [0.3, 0.4) is 0 Å². The first-order valence-corrected chi connectivity index (χ1v) is 6.13. The quantitative estimate of drug-likeness (QED) is 0.764. The van der Waals surface area contributed by atoms with E-state index >= 15 is 0 Å². The van der Waals surface area contributed by atoms with Crippen molar-refractivity contribution in [3.63, 3.8) is 0 Å². The summed E-state index contributed by atoms with van der Waals surface area (Å²) in [5.74, 6) is 0. The van der Waals surface area contributed by atoms with E-state index in [-0.39, 0.29) is 0 Å². The Bertz CT molecular complexity index is 275. The van der Waals surface area contributed by atoms with Crippen LogP contribution in [0.25, 0.3) is 0 Å². The monoisotopic (exact) mass is 232 g/mol. The minimum Gasteiger partial charge on any atom is -0.390 e. The molecule has 1 aromatic rings. The van der Waals surface area contributed by atoms with E-state index in [9.17, 15) is 5.11 Å². The zero-order valence-electron chi connectivity index (χ0n) is 8.72. The van der Waals surface area contributed by atoms with Gasteiger partial charge in [-0.25, -0.2) is 0 Å². The maximum absolute atomic E-state index is 9.50. The lowest BCUT2D eigenvalue weighted by atomic mass is 10.0. The highest BCUT2D eigenvalue weighted by molar-refractivity contribution is 7.16. The third-order valence-corrected chi connectivity index (χ3v) is 3.38. The Morgan fingerprint density at radius 3 is 2.57 bits per heavy atom. The van der Waals surface area contributed by atoms with Crippen molar-refractivity contribution >= 4 is 22.9 Å². The zero-order valence-corrected chi connectivity index (χ0v) is 10.3. The number of unbranched alkanes of at least 4 members (excludes halogenated alkanes) is 1. The first kappa shape index (κ1) is 12.0. The molecule has 1 nitrogen and oxygen atoms in total. The van der Waals surface area contributed by atoms with Gasteiger partial charge >= 0.3 is 0 Å². The van der Waals surface area contributed by atoms with E-state index in [1.807, 2.05) is 19.9 Å². The highest BCUT2D eigenvalue weighted by Crippen LogP contribution is 2.23. The lowest BCUT2D eigenvalue weighted by Gasteiger charge is -2.16. The molecule has 0 spiro atoms. The summed E-state index contributed by atoms with van der Waals surface area (Å²) in [6, 6.07) is 4.02. The molecule has 0 saturated heterocycles. The zero-order chi connectivity index (χ0) is 10.6. The molecule has 0 saturated carbocycles.